The third kappa shape index (κ3) is 4.75. The Labute approximate surface area is 197 Å². The van der Waals surface area contributed by atoms with E-state index in [4.69, 9.17) is 35.0 Å². The van der Waals surface area contributed by atoms with Crippen LogP contribution >= 0.6 is 0 Å². The molecule has 6 nitrogen and oxygen atoms in total. The van der Waals surface area contributed by atoms with Crippen LogP contribution in [-0.2, 0) is 16.0 Å². The van der Waals surface area contributed by atoms with Crippen LogP contribution < -0.4 is 15.2 Å². The maximum Gasteiger partial charge on any atom is 0.323 e. The summed E-state index contributed by atoms with van der Waals surface area (Å²) < 4.78 is 111. The topological polar surface area (TPSA) is 74.0 Å². The van der Waals surface area contributed by atoms with E-state index in [0.29, 0.717) is 30.5 Å². The highest BCUT2D eigenvalue weighted by molar-refractivity contribution is 5.76. The number of hydrogen-bond acceptors (Lipinski definition) is 6. The molecule has 168 valence electrons. The molecule has 1 saturated heterocycles. The molecule has 0 aromatic heterocycles. The molecular weight excluding hydrogens is 380 g/mol. The van der Waals surface area contributed by atoms with Gasteiger partial charge >= 0.3 is 5.97 Å². The molecule has 0 bridgehead atoms. The van der Waals surface area contributed by atoms with E-state index in [1.165, 1.54) is 19.2 Å². The second-order valence-corrected chi connectivity index (χ2v) is 8.23. The minimum Gasteiger partial charge on any atom is -0.493 e. The summed E-state index contributed by atoms with van der Waals surface area (Å²) in [5.41, 5.74) is 6.85. The van der Waals surface area contributed by atoms with Gasteiger partial charge in [-0.15, -0.1) is 0 Å². The number of rotatable bonds is 7. The number of fused-ring (bicyclic) bond motifs is 3. The third-order valence-electron chi connectivity index (χ3n) is 5.74. The van der Waals surface area contributed by atoms with Gasteiger partial charge in [-0.3, -0.25) is 9.69 Å². The highest BCUT2D eigenvalue weighted by atomic mass is 16.5. The van der Waals surface area contributed by atoms with Crippen LogP contribution in [0.1, 0.15) is 74.0 Å². The molecule has 6 heteroatoms. The number of piperidine rings is 1. The maximum atomic E-state index is 13.4. The SMILES string of the molecule is [2H]C([2H])([2H])Oc1cc2c(cc1OC)C1([2H])CC(OC(=O)[C@@]([2H])(N)C([2H])(C([2H])([2H])[2H])C([2H])([2H])[2H])C(CC(C)C)CN1CC2. The van der Waals surface area contributed by atoms with Crippen LogP contribution in [0, 0.1) is 17.7 Å². The molecule has 1 aromatic carbocycles. The number of carbonyl (C=O) groups excluding carboxylic acids is 1. The Morgan fingerprint density at radius 1 is 1.37 bits per heavy atom. The molecule has 1 aromatic rings. The molecule has 30 heavy (non-hydrogen) atoms. The third-order valence-corrected chi connectivity index (χ3v) is 5.74. The number of hydrogen-bond donors (Lipinski definition) is 1. The quantitative estimate of drug-likeness (QED) is 0.667. The summed E-state index contributed by atoms with van der Waals surface area (Å²) in [4.78, 5) is 15.3. The summed E-state index contributed by atoms with van der Waals surface area (Å²) in [5, 5.41) is 0. The Bertz CT molecular complexity index is 1150. The van der Waals surface area contributed by atoms with Gasteiger partial charge in [0.1, 0.15) is 12.1 Å². The molecule has 0 spiro atoms. The van der Waals surface area contributed by atoms with Gasteiger partial charge in [0.15, 0.2) is 11.5 Å². The second-order valence-electron chi connectivity index (χ2n) is 8.23. The molecule has 2 N–H and O–H groups in total. The van der Waals surface area contributed by atoms with Gasteiger partial charge in [0.2, 0.25) is 0 Å². The number of benzene rings is 1. The van der Waals surface area contributed by atoms with Crippen molar-refractivity contribution in [1.82, 2.24) is 4.90 Å². The molecule has 3 rings (SSSR count). The average Bonchev–Trinajstić information content (AvgIpc) is 2.80. The Kier molecular flexibility index (Phi) is 3.74. The zero-order chi connectivity index (χ0) is 32.3. The summed E-state index contributed by atoms with van der Waals surface area (Å²) in [6, 6.07) is -2.02. The summed E-state index contributed by atoms with van der Waals surface area (Å²) in [6.45, 7) is -2.70. The fourth-order valence-corrected chi connectivity index (χ4v) is 4.35. The lowest BCUT2D eigenvalue weighted by Gasteiger charge is -2.47. The van der Waals surface area contributed by atoms with Gasteiger partial charge in [0.25, 0.3) is 0 Å². The van der Waals surface area contributed by atoms with Crippen LogP contribution in [0.3, 0.4) is 0 Å². The highest BCUT2D eigenvalue weighted by Crippen LogP contribution is 2.44. The van der Waals surface area contributed by atoms with Gasteiger partial charge in [-0.05, 0) is 47.9 Å². The zero-order valence-electron chi connectivity index (χ0n) is 29.6. The minimum atomic E-state index is -3.71. The minimum absolute atomic E-state index is 0.0204. The Morgan fingerprint density at radius 2 is 2.13 bits per heavy atom. The first kappa shape index (κ1) is 11.7. The molecule has 0 radical (unpaired) electrons. The van der Waals surface area contributed by atoms with Crippen LogP contribution in [0.4, 0.5) is 0 Å². The van der Waals surface area contributed by atoms with E-state index in [0.717, 1.165) is 0 Å². The molecule has 0 aliphatic carbocycles. The molecular formula is C24H38N2O4. The predicted octanol–water partition coefficient (Wildman–Crippen LogP) is 3.56. The fraction of sp³-hybridized carbons (Fsp3) is 0.708. The lowest BCUT2D eigenvalue weighted by molar-refractivity contribution is -0.160. The van der Waals surface area contributed by atoms with Crippen LogP contribution in [0.25, 0.3) is 0 Å². The summed E-state index contributed by atoms with van der Waals surface area (Å²) in [6.07, 6.45) is -0.261. The maximum absolute atomic E-state index is 13.4. The molecule has 4 atom stereocenters. The van der Waals surface area contributed by atoms with Gasteiger partial charge in [-0.1, -0.05) is 27.6 Å². The van der Waals surface area contributed by atoms with Crippen molar-refractivity contribution in [2.45, 2.75) is 65.0 Å². The number of nitrogens with zero attached hydrogens (tertiary/aromatic N) is 1. The van der Waals surface area contributed by atoms with E-state index in [1.807, 2.05) is 18.7 Å². The van der Waals surface area contributed by atoms with Crippen molar-refractivity contribution in [3.8, 4) is 11.5 Å². The van der Waals surface area contributed by atoms with Crippen LogP contribution in [-0.4, -0.2) is 50.2 Å². The van der Waals surface area contributed by atoms with Gasteiger partial charge in [0.05, 0.1) is 21.0 Å². The summed E-state index contributed by atoms with van der Waals surface area (Å²) >= 11 is 0. The smallest absolute Gasteiger partial charge is 0.323 e. The van der Waals surface area contributed by atoms with Gasteiger partial charge in [-0.25, -0.2) is 0 Å². The first-order valence-corrected chi connectivity index (χ1v) is 10.0. The Balaban J connectivity index is 2.05. The monoisotopic (exact) mass is 430 g/mol. The first-order chi connectivity index (χ1) is 18.9. The highest BCUT2D eigenvalue weighted by Gasteiger charge is 2.41. The molecule has 0 saturated carbocycles. The van der Waals surface area contributed by atoms with Crippen molar-refractivity contribution in [1.29, 1.82) is 0 Å². The largest absolute Gasteiger partial charge is 0.493 e. The van der Waals surface area contributed by atoms with E-state index in [1.54, 1.807) is 0 Å². The van der Waals surface area contributed by atoms with E-state index in [-0.39, 0.29) is 36.3 Å². The zero-order valence-corrected chi connectivity index (χ0v) is 17.6. The fourth-order valence-electron chi connectivity index (χ4n) is 4.35. The Morgan fingerprint density at radius 3 is 2.80 bits per heavy atom. The summed E-state index contributed by atoms with van der Waals surface area (Å²) in [7, 11) is -1.41. The average molecular weight is 431 g/mol. The van der Waals surface area contributed by atoms with E-state index < -0.39 is 50.7 Å². The molecule has 0 amide bonds. The number of methoxy groups -OCH3 is 2. The van der Waals surface area contributed by atoms with E-state index >= 15 is 0 Å². The molecule has 1 fully saturated rings. The van der Waals surface area contributed by atoms with Gasteiger partial charge in [-0.2, -0.15) is 0 Å². The molecule has 3 unspecified atom stereocenters. The molecule has 2 aliphatic heterocycles. The lowest BCUT2D eigenvalue weighted by Crippen LogP contribution is -2.51. The first-order valence-electron chi connectivity index (χ1n) is 16.0. The van der Waals surface area contributed by atoms with E-state index in [9.17, 15) is 6.17 Å². The Hall–Kier alpha value is -1.79. The molecule has 2 heterocycles. The summed E-state index contributed by atoms with van der Waals surface area (Å²) in [5.74, 6) is -5.60. The van der Waals surface area contributed by atoms with Gasteiger partial charge < -0.3 is 19.9 Å². The van der Waals surface area contributed by atoms with Crippen molar-refractivity contribution in [2.24, 2.45) is 23.5 Å². The number of carbonyl (C=O) groups is 1. The van der Waals surface area contributed by atoms with Crippen molar-refractivity contribution < 1.29 is 35.5 Å². The van der Waals surface area contributed by atoms with Crippen molar-refractivity contribution in [3.63, 3.8) is 0 Å². The van der Waals surface area contributed by atoms with E-state index in [2.05, 4.69) is 0 Å². The van der Waals surface area contributed by atoms with Crippen LogP contribution in [0.15, 0.2) is 12.1 Å². The van der Waals surface area contributed by atoms with Crippen molar-refractivity contribution in [2.75, 3.05) is 27.2 Å². The predicted molar refractivity (Wildman–Crippen MR) is 118 cm³/mol. The van der Waals surface area contributed by atoms with Crippen molar-refractivity contribution in [3.05, 3.63) is 23.3 Å². The standard InChI is InChI=1S/C24H38N2O4/c1-14(2)9-17-13-26-8-7-16-10-21(28-5)22(29-6)11-18(16)19(26)12-20(17)30-24(27)23(25)15(3)4/h10-11,14-15,17,19-20,23H,7-9,12-13,25H2,1-6H3/t17?,19?,20?,23-/m0/s1/i3D3,4D3,5D3,15D,19D,23D. The number of ether oxygens (including phenoxy) is 3. The number of nitrogens with two attached hydrogens (primary N) is 1. The molecule has 2 aliphatic rings. The van der Waals surface area contributed by atoms with Gasteiger partial charge in [0, 0.05) is 41.0 Å². The van der Waals surface area contributed by atoms with Crippen LogP contribution in [0.5, 0.6) is 11.5 Å². The number of esters is 1. The second kappa shape index (κ2) is 9.56. The lowest BCUT2D eigenvalue weighted by atomic mass is 9.79. The normalized spacial score (nSPS) is 35.9. The van der Waals surface area contributed by atoms with Crippen molar-refractivity contribution >= 4 is 5.97 Å². The van der Waals surface area contributed by atoms with Crippen LogP contribution in [0.2, 0.25) is 0 Å².